The molecule has 1 saturated heterocycles. The van der Waals surface area contributed by atoms with Crippen LogP contribution < -0.4 is 10.1 Å². The van der Waals surface area contributed by atoms with E-state index in [2.05, 4.69) is 15.3 Å². The Morgan fingerprint density at radius 1 is 1.05 bits per heavy atom. The molecule has 0 amide bonds. The third kappa shape index (κ3) is 5.59. The van der Waals surface area contributed by atoms with Crippen LogP contribution in [0.15, 0.2) is 54.9 Å². The largest absolute Gasteiger partial charge is 0.497 e. The van der Waals surface area contributed by atoms with Gasteiger partial charge in [-0.2, -0.15) is 13.2 Å². The van der Waals surface area contributed by atoms with Crippen molar-refractivity contribution in [3.8, 4) is 5.75 Å². The Hall–Kier alpha value is -3.92. The number of hydrogen-bond donors (Lipinski definition) is 1. The number of methoxy groups -OCH3 is 1. The lowest BCUT2D eigenvalue weighted by atomic mass is 10.1. The summed E-state index contributed by atoms with van der Waals surface area (Å²) < 4.78 is 52.0. The lowest BCUT2D eigenvalue weighted by Crippen LogP contribution is -2.19. The number of imidazole rings is 1. The van der Waals surface area contributed by atoms with E-state index in [4.69, 9.17) is 14.5 Å². The summed E-state index contributed by atoms with van der Waals surface area (Å²) in [6.07, 6.45) is 3.20. The smallest absolute Gasteiger partial charge is 0.416 e. The lowest BCUT2D eigenvalue weighted by Gasteiger charge is -2.25. The van der Waals surface area contributed by atoms with E-state index in [1.165, 1.54) is 18.5 Å². The van der Waals surface area contributed by atoms with Gasteiger partial charge in [-0.15, -0.1) is 0 Å². The van der Waals surface area contributed by atoms with Crippen LogP contribution in [0, 0.1) is 0 Å². The maximum atomic E-state index is 12.9. The van der Waals surface area contributed by atoms with Gasteiger partial charge in [0.05, 0.1) is 12.7 Å². The van der Waals surface area contributed by atoms with Gasteiger partial charge in [0.25, 0.3) is 0 Å². The highest BCUT2D eigenvalue weighted by atomic mass is 19.4. The molecule has 10 heteroatoms. The van der Waals surface area contributed by atoms with Crippen molar-refractivity contribution in [2.24, 2.45) is 0 Å². The first-order chi connectivity index (χ1) is 17.9. The number of ether oxygens (including phenoxy) is 2. The molecule has 1 aliphatic rings. The molecule has 1 atom stereocenters. The second-order valence-corrected chi connectivity index (χ2v) is 8.71. The molecule has 3 heterocycles. The molecule has 0 saturated carbocycles. The fourth-order valence-corrected chi connectivity index (χ4v) is 4.27. The van der Waals surface area contributed by atoms with Crippen molar-refractivity contribution in [3.05, 3.63) is 77.4 Å². The zero-order chi connectivity index (χ0) is 25.8. The predicted molar refractivity (Wildman–Crippen MR) is 135 cm³/mol. The van der Waals surface area contributed by atoms with Gasteiger partial charge in [-0.1, -0.05) is 30.3 Å². The molecule has 4 aromatic rings. The third-order valence-electron chi connectivity index (χ3n) is 6.23. The Bertz CT molecular complexity index is 1380. The molecule has 1 aliphatic heterocycles. The number of rotatable bonds is 7. The number of hydrogen-bond acceptors (Lipinski definition) is 6. The molecule has 7 nitrogen and oxygen atoms in total. The maximum Gasteiger partial charge on any atom is 0.416 e. The van der Waals surface area contributed by atoms with Gasteiger partial charge in [-0.05, 0) is 60.7 Å². The number of anilines is 1. The molecular weight excluding hydrogens is 483 g/mol. The minimum absolute atomic E-state index is 0.240. The minimum atomic E-state index is -4.37. The topological polar surface area (TPSA) is 74.1 Å². The van der Waals surface area contributed by atoms with Gasteiger partial charge in [0.15, 0.2) is 17.0 Å². The normalized spacial score (nSPS) is 16.4. The van der Waals surface area contributed by atoms with Crippen molar-refractivity contribution < 1.29 is 22.6 Å². The highest BCUT2D eigenvalue weighted by Gasteiger charge is 2.30. The van der Waals surface area contributed by atoms with E-state index >= 15 is 0 Å². The zero-order valence-corrected chi connectivity index (χ0v) is 20.2. The van der Waals surface area contributed by atoms with Crippen molar-refractivity contribution in [2.45, 2.75) is 38.2 Å². The third-order valence-corrected chi connectivity index (χ3v) is 6.23. The lowest BCUT2D eigenvalue weighted by molar-refractivity contribution is -0.137. The summed E-state index contributed by atoms with van der Waals surface area (Å²) in [6, 6.07) is 12.7. The van der Waals surface area contributed by atoms with E-state index in [1.807, 2.05) is 28.8 Å². The molecule has 1 unspecified atom stereocenters. The van der Waals surface area contributed by atoms with Crippen LogP contribution in [0.2, 0.25) is 0 Å². The summed E-state index contributed by atoms with van der Waals surface area (Å²) in [7, 11) is 1.63. The molecule has 0 spiro atoms. The van der Waals surface area contributed by atoms with Gasteiger partial charge in [0.1, 0.15) is 24.1 Å². The molecule has 2 aromatic carbocycles. The van der Waals surface area contributed by atoms with Gasteiger partial charge in [-0.25, -0.2) is 15.0 Å². The van der Waals surface area contributed by atoms with Crippen LogP contribution in [0.3, 0.4) is 0 Å². The van der Waals surface area contributed by atoms with Gasteiger partial charge in [0, 0.05) is 13.2 Å². The average Bonchev–Trinajstić information content (AvgIpc) is 3.30. The van der Waals surface area contributed by atoms with Crippen LogP contribution in [0.1, 0.15) is 48.0 Å². The predicted octanol–water partition coefficient (Wildman–Crippen LogP) is 6.34. The molecule has 5 rings (SSSR count). The number of alkyl halides is 3. The highest BCUT2D eigenvalue weighted by Crippen LogP contribution is 2.32. The summed E-state index contributed by atoms with van der Waals surface area (Å²) in [4.78, 5) is 13.7. The molecule has 1 fully saturated rings. The Morgan fingerprint density at radius 3 is 2.51 bits per heavy atom. The number of fused-ring (bicyclic) bond motifs is 1. The first-order valence-electron chi connectivity index (χ1n) is 12.0. The quantitative estimate of drug-likeness (QED) is 0.314. The van der Waals surface area contributed by atoms with Crippen LogP contribution in [0.4, 0.5) is 19.0 Å². The van der Waals surface area contributed by atoms with Gasteiger partial charge >= 0.3 is 6.18 Å². The van der Waals surface area contributed by atoms with Gasteiger partial charge in [-0.3, -0.25) is 4.57 Å². The second-order valence-electron chi connectivity index (χ2n) is 8.71. The number of nitrogens with zero attached hydrogens (tertiary/aromatic N) is 4. The zero-order valence-electron chi connectivity index (χ0n) is 20.2. The van der Waals surface area contributed by atoms with Gasteiger partial charge in [0.2, 0.25) is 0 Å². The fraction of sp³-hybridized carbons (Fsp3) is 0.296. The van der Waals surface area contributed by atoms with E-state index in [1.54, 1.807) is 19.3 Å². The Kier molecular flexibility index (Phi) is 7.09. The number of nitrogens with one attached hydrogen (secondary N) is 1. The number of aromatic nitrogens is 4. The number of benzene rings is 2. The maximum absolute atomic E-state index is 12.9. The Balaban J connectivity index is 1.47. The molecule has 0 aliphatic carbocycles. The van der Waals surface area contributed by atoms with E-state index in [0.29, 0.717) is 41.5 Å². The highest BCUT2D eigenvalue weighted by molar-refractivity contribution is 5.85. The van der Waals surface area contributed by atoms with E-state index in [-0.39, 0.29) is 6.23 Å². The monoisotopic (exact) mass is 509 g/mol. The first-order valence-corrected chi connectivity index (χ1v) is 12.0. The molecule has 0 radical (unpaired) electrons. The molecule has 0 bridgehead atoms. The summed E-state index contributed by atoms with van der Waals surface area (Å²) in [5.41, 5.74) is 2.21. The summed E-state index contributed by atoms with van der Waals surface area (Å²) in [5, 5.41) is 3.34. The van der Waals surface area contributed by atoms with Crippen LogP contribution in [0.25, 0.3) is 23.3 Å². The molecular formula is C27H26F3N5O2. The SMILES string of the molecule is COc1ccc(CNc2ncnc3c2nc(/C=C/c2ccc(C(F)(F)F)cc2)n3C2CCCCO2)cc1. The Morgan fingerprint density at radius 2 is 1.84 bits per heavy atom. The van der Waals surface area contributed by atoms with E-state index in [0.717, 1.165) is 42.7 Å². The molecule has 2 aromatic heterocycles. The Labute approximate surface area is 212 Å². The van der Waals surface area contributed by atoms with Crippen molar-refractivity contribution in [1.29, 1.82) is 0 Å². The van der Waals surface area contributed by atoms with Crippen molar-refractivity contribution in [1.82, 2.24) is 19.5 Å². The number of halogens is 3. The minimum Gasteiger partial charge on any atom is -0.497 e. The van der Waals surface area contributed by atoms with Crippen molar-refractivity contribution >= 4 is 29.1 Å². The standard InChI is InChI=1S/C27H26F3N5O2/c1-36-21-12-7-19(8-13-21)16-31-25-24-26(33-17-32-25)35(23-4-2-3-15-37-23)22(34-24)14-9-18-5-10-20(11-6-18)27(28,29)30/h5-14,17,23H,2-4,15-16H2,1H3,(H,31,32,33)/b14-9+. The summed E-state index contributed by atoms with van der Waals surface area (Å²) in [5.74, 6) is 1.96. The van der Waals surface area contributed by atoms with Crippen LogP contribution in [-0.2, 0) is 17.5 Å². The van der Waals surface area contributed by atoms with Crippen LogP contribution in [-0.4, -0.2) is 33.2 Å². The summed E-state index contributed by atoms with van der Waals surface area (Å²) >= 11 is 0. The van der Waals surface area contributed by atoms with Gasteiger partial charge < -0.3 is 14.8 Å². The summed E-state index contributed by atoms with van der Waals surface area (Å²) in [6.45, 7) is 1.17. The van der Waals surface area contributed by atoms with Crippen LogP contribution in [0.5, 0.6) is 5.75 Å². The van der Waals surface area contributed by atoms with Crippen molar-refractivity contribution in [3.63, 3.8) is 0 Å². The average molecular weight is 510 g/mol. The molecule has 1 N–H and O–H groups in total. The fourth-order valence-electron chi connectivity index (χ4n) is 4.27. The first kappa shape index (κ1) is 24.8. The van der Waals surface area contributed by atoms with Crippen molar-refractivity contribution in [2.75, 3.05) is 19.0 Å². The van der Waals surface area contributed by atoms with Crippen LogP contribution >= 0.6 is 0 Å². The second kappa shape index (κ2) is 10.6. The van der Waals surface area contributed by atoms with E-state index < -0.39 is 11.7 Å². The molecule has 37 heavy (non-hydrogen) atoms. The van der Waals surface area contributed by atoms with E-state index in [9.17, 15) is 13.2 Å². The molecule has 192 valence electrons.